The molecule has 0 bridgehead atoms. The Morgan fingerprint density at radius 1 is 1.53 bits per heavy atom. The lowest BCUT2D eigenvalue weighted by molar-refractivity contribution is 0.0696. The number of hydrogen-bond acceptors (Lipinski definition) is 1. The molecule has 1 heterocycles. The van der Waals surface area contributed by atoms with Gasteiger partial charge in [0, 0.05) is 17.9 Å². The van der Waals surface area contributed by atoms with Crippen molar-refractivity contribution in [2.24, 2.45) is 0 Å². The Hall–Kier alpha value is -1.25. The molecule has 1 N–H and O–H groups in total. The van der Waals surface area contributed by atoms with Gasteiger partial charge in [0.25, 0.3) is 0 Å². The fourth-order valence-corrected chi connectivity index (χ4v) is 1.92. The minimum atomic E-state index is -0.829. The molecule has 0 saturated heterocycles. The van der Waals surface area contributed by atoms with Crippen molar-refractivity contribution in [2.45, 2.75) is 46.6 Å². The zero-order chi connectivity index (χ0) is 11.6. The summed E-state index contributed by atoms with van der Waals surface area (Å²) >= 11 is 0. The maximum Gasteiger partial charge on any atom is 0.337 e. The Labute approximate surface area is 90.7 Å². The summed E-state index contributed by atoms with van der Waals surface area (Å²) in [6.07, 6.45) is 1.03. The molecule has 15 heavy (non-hydrogen) atoms. The molecule has 1 rings (SSSR count). The van der Waals surface area contributed by atoms with Gasteiger partial charge in [0.1, 0.15) is 0 Å². The smallest absolute Gasteiger partial charge is 0.337 e. The Kier molecular flexibility index (Phi) is 3.56. The van der Waals surface area contributed by atoms with E-state index in [0.717, 1.165) is 24.4 Å². The Morgan fingerprint density at radius 3 is 2.53 bits per heavy atom. The number of carbonyl (C=O) groups is 1. The van der Waals surface area contributed by atoms with Crippen molar-refractivity contribution >= 4 is 5.97 Å². The molecule has 1 aromatic heterocycles. The van der Waals surface area contributed by atoms with Crippen LogP contribution in [-0.4, -0.2) is 15.6 Å². The quantitative estimate of drug-likeness (QED) is 0.828. The topological polar surface area (TPSA) is 42.2 Å². The van der Waals surface area contributed by atoms with Crippen LogP contribution in [-0.2, 0) is 6.54 Å². The maximum atomic E-state index is 11.0. The first kappa shape index (κ1) is 11.8. The Morgan fingerprint density at radius 2 is 2.13 bits per heavy atom. The van der Waals surface area contributed by atoms with Crippen LogP contribution in [0.4, 0.5) is 0 Å². The Bertz CT molecular complexity index is 366. The molecule has 1 unspecified atom stereocenters. The standard InChI is InChI=1S/C12H19NO2/c1-5-8(3)11-7-10(12(14)15)9(4)13(11)6-2/h7-8H,5-6H2,1-4H3,(H,14,15). The summed E-state index contributed by atoms with van der Waals surface area (Å²) in [4.78, 5) is 11.0. The number of aromatic nitrogens is 1. The lowest BCUT2D eigenvalue weighted by Crippen LogP contribution is -2.06. The number of rotatable bonds is 4. The van der Waals surface area contributed by atoms with Crippen LogP contribution < -0.4 is 0 Å². The van der Waals surface area contributed by atoms with Crippen molar-refractivity contribution in [3.63, 3.8) is 0 Å². The van der Waals surface area contributed by atoms with E-state index in [1.807, 2.05) is 19.9 Å². The number of aromatic carboxylic acids is 1. The van der Waals surface area contributed by atoms with E-state index in [1.54, 1.807) is 0 Å². The molecule has 0 fully saturated rings. The highest BCUT2D eigenvalue weighted by atomic mass is 16.4. The zero-order valence-electron chi connectivity index (χ0n) is 9.87. The third kappa shape index (κ3) is 2.06. The fourth-order valence-electron chi connectivity index (χ4n) is 1.92. The van der Waals surface area contributed by atoms with Gasteiger partial charge >= 0.3 is 5.97 Å². The molecule has 3 nitrogen and oxygen atoms in total. The highest BCUT2D eigenvalue weighted by molar-refractivity contribution is 5.89. The van der Waals surface area contributed by atoms with Crippen molar-refractivity contribution in [1.82, 2.24) is 4.57 Å². The van der Waals surface area contributed by atoms with Crippen LogP contribution in [0.15, 0.2) is 6.07 Å². The first-order valence-electron chi connectivity index (χ1n) is 5.46. The van der Waals surface area contributed by atoms with Crippen LogP contribution in [0.3, 0.4) is 0 Å². The van der Waals surface area contributed by atoms with Gasteiger partial charge in [0.05, 0.1) is 5.56 Å². The highest BCUT2D eigenvalue weighted by Crippen LogP contribution is 2.24. The van der Waals surface area contributed by atoms with Crippen LogP contribution in [0.2, 0.25) is 0 Å². The van der Waals surface area contributed by atoms with Gasteiger partial charge in [-0.3, -0.25) is 0 Å². The average molecular weight is 209 g/mol. The lowest BCUT2D eigenvalue weighted by Gasteiger charge is -2.13. The average Bonchev–Trinajstić information content (AvgIpc) is 2.54. The number of hydrogen-bond donors (Lipinski definition) is 1. The fraction of sp³-hybridized carbons (Fsp3) is 0.583. The summed E-state index contributed by atoms with van der Waals surface area (Å²) in [5, 5.41) is 9.04. The molecule has 0 aliphatic heterocycles. The van der Waals surface area contributed by atoms with Crippen LogP contribution in [0.1, 0.15) is 54.9 Å². The van der Waals surface area contributed by atoms with E-state index in [4.69, 9.17) is 5.11 Å². The third-order valence-electron chi connectivity index (χ3n) is 3.06. The van der Waals surface area contributed by atoms with Crippen LogP contribution in [0.25, 0.3) is 0 Å². The molecule has 3 heteroatoms. The van der Waals surface area contributed by atoms with Gasteiger partial charge in [-0.05, 0) is 32.3 Å². The van der Waals surface area contributed by atoms with Gasteiger partial charge in [-0.2, -0.15) is 0 Å². The third-order valence-corrected chi connectivity index (χ3v) is 3.06. The molecule has 0 radical (unpaired) electrons. The van der Waals surface area contributed by atoms with E-state index in [0.29, 0.717) is 11.5 Å². The highest BCUT2D eigenvalue weighted by Gasteiger charge is 2.18. The van der Waals surface area contributed by atoms with Gasteiger partial charge in [-0.15, -0.1) is 0 Å². The van der Waals surface area contributed by atoms with Gasteiger partial charge in [0.2, 0.25) is 0 Å². The molecule has 1 atom stereocenters. The normalized spacial score (nSPS) is 12.8. The van der Waals surface area contributed by atoms with Crippen LogP contribution >= 0.6 is 0 Å². The maximum absolute atomic E-state index is 11.0. The summed E-state index contributed by atoms with van der Waals surface area (Å²) in [5.41, 5.74) is 2.43. The second-order valence-electron chi connectivity index (χ2n) is 3.93. The van der Waals surface area contributed by atoms with Gasteiger partial charge in [-0.25, -0.2) is 4.79 Å². The van der Waals surface area contributed by atoms with E-state index in [2.05, 4.69) is 18.4 Å². The van der Waals surface area contributed by atoms with E-state index < -0.39 is 5.97 Å². The molecule has 1 aromatic rings. The van der Waals surface area contributed by atoms with E-state index in [9.17, 15) is 4.79 Å². The number of carboxylic acid groups (broad SMARTS) is 1. The molecule has 84 valence electrons. The molecular weight excluding hydrogens is 190 g/mol. The molecule has 0 saturated carbocycles. The summed E-state index contributed by atoms with van der Waals surface area (Å²) < 4.78 is 2.09. The van der Waals surface area contributed by atoms with E-state index in [-0.39, 0.29) is 0 Å². The van der Waals surface area contributed by atoms with Crippen LogP contribution in [0, 0.1) is 6.92 Å². The minimum absolute atomic E-state index is 0.414. The number of nitrogens with zero attached hydrogens (tertiary/aromatic N) is 1. The van der Waals surface area contributed by atoms with Crippen molar-refractivity contribution in [2.75, 3.05) is 0 Å². The second-order valence-corrected chi connectivity index (χ2v) is 3.93. The van der Waals surface area contributed by atoms with Gasteiger partial charge in [-0.1, -0.05) is 13.8 Å². The molecule has 0 aromatic carbocycles. The lowest BCUT2D eigenvalue weighted by atomic mass is 10.0. The second kappa shape index (κ2) is 4.51. The first-order valence-corrected chi connectivity index (χ1v) is 5.46. The van der Waals surface area contributed by atoms with E-state index in [1.165, 1.54) is 0 Å². The molecule has 0 spiro atoms. The van der Waals surface area contributed by atoms with Gasteiger partial charge < -0.3 is 9.67 Å². The number of carboxylic acids is 1. The minimum Gasteiger partial charge on any atom is -0.478 e. The van der Waals surface area contributed by atoms with Gasteiger partial charge in [0.15, 0.2) is 0 Å². The molecule has 0 aliphatic carbocycles. The van der Waals surface area contributed by atoms with Crippen molar-refractivity contribution in [3.8, 4) is 0 Å². The Balaban J connectivity index is 3.27. The molecule has 0 amide bonds. The summed E-state index contributed by atoms with van der Waals surface area (Å²) in [5.74, 6) is -0.416. The zero-order valence-corrected chi connectivity index (χ0v) is 9.87. The summed E-state index contributed by atoms with van der Waals surface area (Å²) in [6, 6.07) is 1.81. The van der Waals surface area contributed by atoms with Crippen LogP contribution in [0.5, 0.6) is 0 Å². The monoisotopic (exact) mass is 209 g/mol. The molecular formula is C12H19NO2. The van der Waals surface area contributed by atoms with Crippen molar-refractivity contribution in [3.05, 3.63) is 23.0 Å². The predicted octanol–water partition coefficient (Wildman–Crippen LogP) is 3.03. The SMILES string of the molecule is CCC(C)c1cc(C(=O)O)c(C)n1CC. The first-order chi connectivity index (χ1) is 7.02. The summed E-state index contributed by atoms with van der Waals surface area (Å²) in [6.45, 7) is 9.00. The predicted molar refractivity (Wildman–Crippen MR) is 60.5 cm³/mol. The van der Waals surface area contributed by atoms with Crippen molar-refractivity contribution < 1.29 is 9.90 Å². The largest absolute Gasteiger partial charge is 0.478 e. The van der Waals surface area contributed by atoms with E-state index >= 15 is 0 Å². The summed E-state index contributed by atoms with van der Waals surface area (Å²) in [7, 11) is 0. The van der Waals surface area contributed by atoms with Crippen molar-refractivity contribution in [1.29, 1.82) is 0 Å². The molecule has 0 aliphatic rings.